The zero-order chi connectivity index (χ0) is 13.5. The molecule has 1 unspecified atom stereocenters. The zero-order valence-corrected chi connectivity index (χ0v) is 12.5. The molecule has 3 heteroatoms. The van der Waals surface area contributed by atoms with Crippen molar-refractivity contribution in [1.82, 2.24) is 4.90 Å². The Kier molecular flexibility index (Phi) is 5.91. The lowest BCUT2D eigenvalue weighted by Gasteiger charge is -2.34. The first-order valence-corrected chi connectivity index (χ1v) is 8.12. The van der Waals surface area contributed by atoms with Crippen LogP contribution in [-0.4, -0.2) is 29.2 Å². The number of hydrogen-bond donors (Lipinski definition) is 1. The summed E-state index contributed by atoms with van der Waals surface area (Å²) in [6.45, 7) is 4.76. The lowest BCUT2D eigenvalue weighted by molar-refractivity contribution is 0.137. The number of aliphatic hydroxyl groups excluding tert-OH is 1. The lowest BCUT2D eigenvalue weighted by atomic mass is 10.00. The van der Waals surface area contributed by atoms with E-state index in [1.807, 2.05) is 11.3 Å². The Morgan fingerprint density at radius 2 is 2.37 bits per heavy atom. The van der Waals surface area contributed by atoms with Crippen molar-refractivity contribution in [3.63, 3.8) is 0 Å². The molecule has 0 spiro atoms. The predicted molar refractivity (Wildman–Crippen MR) is 81.2 cm³/mol. The fraction of sp³-hybridized carbons (Fsp3) is 0.625. The Balaban J connectivity index is 1.93. The zero-order valence-electron chi connectivity index (χ0n) is 11.7. The molecule has 1 aromatic heterocycles. The van der Waals surface area contributed by atoms with E-state index in [4.69, 9.17) is 5.11 Å². The Bertz CT molecular complexity index is 443. The van der Waals surface area contributed by atoms with Gasteiger partial charge in [-0.25, -0.2) is 0 Å². The molecule has 0 aromatic carbocycles. The molecule has 2 rings (SSSR count). The summed E-state index contributed by atoms with van der Waals surface area (Å²) >= 11 is 1.81. The van der Waals surface area contributed by atoms with Gasteiger partial charge in [-0.15, -0.1) is 11.3 Å². The summed E-state index contributed by atoms with van der Waals surface area (Å²) in [5, 5.41) is 10.8. The molecule has 1 N–H and O–H groups in total. The van der Waals surface area contributed by atoms with Crippen LogP contribution in [0.5, 0.6) is 0 Å². The van der Waals surface area contributed by atoms with Gasteiger partial charge in [0.05, 0.1) is 6.61 Å². The number of aliphatic hydroxyl groups is 1. The van der Waals surface area contributed by atoms with Gasteiger partial charge in [-0.2, -0.15) is 0 Å². The largest absolute Gasteiger partial charge is 0.395 e. The quantitative estimate of drug-likeness (QED) is 0.854. The number of nitrogens with zero attached hydrogens (tertiary/aromatic N) is 1. The number of rotatable bonds is 4. The Morgan fingerprint density at radius 1 is 1.47 bits per heavy atom. The first kappa shape index (κ1) is 14.6. The molecular weight excluding hydrogens is 254 g/mol. The minimum atomic E-state index is 0.149. The van der Waals surface area contributed by atoms with E-state index in [1.165, 1.54) is 37.1 Å². The van der Waals surface area contributed by atoms with Gasteiger partial charge in [0.15, 0.2) is 0 Å². The minimum absolute atomic E-state index is 0.149. The van der Waals surface area contributed by atoms with Crippen molar-refractivity contribution in [1.29, 1.82) is 0 Å². The number of thiophene rings is 1. The van der Waals surface area contributed by atoms with Crippen molar-refractivity contribution in [3.8, 4) is 11.8 Å². The summed E-state index contributed by atoms with van der Waals surface area (Å²) in [4.78, 5) is 4.04. The molecule has 1 atom stereocenters. The Labute approximate surface area is 120 Å². The van der Waals surface area contributed by atoms with E-state index in [-0.39, 0.29) is 6.61 Å². The van der Waals surface area contributed by atoms with E-state index >= 15 is 0 Å². The van der Waals surface area contributed by atoms with Crippen LogP contribution < -0.4 is 0 Å². The smallest absolute Gasteiger partial charge is 0.0540 e. The van der Waals surface area contributed by atoms with Gasteiger partial charge in [-0.05, 0) is 31.9 Å². The molecule has 2 heterocycles. The predicted octanol–water partition coefficient (Wildman–Crippen LogP) is 3.25. The maximum Gasteiger partial charge on any atom is 0.0540 e. The van der Waals surface area contributed by atoms with Crippen molar-refractivity contribution in [2.45, 2.75) is 51.6 Å². The van der Waals surface area contributed by atoms with Crippen LogP contribution in [0.1, 0.15) is 49.5 Å². The summed E-state index contributed by atoms with van der Waals surface area (Å²) in [7, 11) is 0. The van der Waals surface area contributed by atoms with Crippen LogP contribution in [0.3, 0.4) is 0 Å². The van der Waals surface area contributed by atoms with Crippen LogP contribution in [0.4, 0.5) is 0 Å². The van der Waals surface area contributed by atoms with Crippen LogP contribution in [-0.2, 0) is 6.54 Å². The van der Waals surface area contributed by atoms with Crippen molar-refractivity contribution in [3.05, 3.63) is 21.9 Å². The van der Waals surface area contributed by atoms with Gasteiger partial charge in [0.2, 0.25) is 0 Å². The summed E-state index contributed by atoms with van der Waals surface area (Å²) in [5.74, 6) is 6.09. The highest BCUT2D eigenvalue weighted by Gasteiger charge is 2.20. The molecule has 1 saturated heterocycles. The molecule has 104 valence electrons. The maximum atomic E-state index is 8.72. The molecule has 1 aliphatic rings. The molecule has 0 amide bonds. The fourth-order valence-corrected chi connectivity index (χ4v) is 3.52. The first-order valence-electron chi connectivity index (χ1n) is 7.24. The third-order valence-electron chi connectivity index (χ3n) is 3.70. The van der Waals surface area contributed by atoms with Gasteiger partial charge < -0.3 is 5.11 Å². The number of likely N-dealkylation sites (tertiary alicyclic amines) is 1. The lowest BCUT2D eigenvalue weighted by Crippen LogP contribution is -2.38. The number of hydrogen-bond acceptors (Lipinski definition) is 3. The van der Waals surface area contributed by atoms with Crippen LogP contribution >= 0.6 is 11.3 Å². The molecule has 0 radical (unpaired) electrons. The van der Waals surface area contributed by atoms with Crippen LogP contribution in [0.2, 0.25) is 0 Å². The fourth-order valence-electron chi connectivity index (χ4n) is 2.68. The van der Waals surface area contributed by atoms with Crippen LogP contribution in [0.15, 0.2) is 11.4 Å². The van der Waals surface area contributed by atoms with Crippen molar-refractivity contribution in [2.24, 2.45) is 0 Å². The van der Waals surface area contributed by atoms with E-state index in [0.29, 0.717) is 6.42 Å². The van der Waals surface area contributed by atoms with Gasteiger partial charge >= 0.3 is 0 Å². The van der Waals surface area contributed by atoms with Crippen molar-refractivity contribution in [2.75, 3.05) is 13.2 Å². The minimum Gasteiger partial charge on any atom is -0.395 e. The third kappa shape index (κ3) is 4.35. The van der Waals surface area contributed by atoms with Crippen LogP contribution in [0.25, 0.3) is 0 Å². The summed E-state index contributed by atoms with van der Waals surface area (Å²) < 4.78 is 0. The molecule has 0 saturated carbocycles. The second-order valence-electron chi connectivity index (χ2n) is 5.11. The summed E-state index contributed by atoms with van der Waals surface area (Å²) in [6.07, 6.45) is 5.90. The standard InChI is InChI=1S/C16H23NOS/c1-2-15-8-3-5-9-17(15)12-16-11-14(13-19-16)7-4-6-10-18/h11,13,15,18H,2-3,5-6,8-10,12H2,1H3. The SMILES string of the molecule is CCC1CCCCN1Cc1cc(C#CCCO)cs1. The van der Waals surface area contributed by atoms with Crippen LogP contribution in [0, 0.1) is 11.8 Å². The van der Waals surface area contributed by atoms with E-state index in [0.717, 1.165) is 18.2 Å². The van der Waals surface area contributed by atoms with Crippen molar-refractivity contribution >= 4 is 11.3 Å². The first-order chi connectivity index (χ1) is 9.33. The van der Waals surface area contributed by atoms with Crippen molar-refractivity contribution < 1.29 is 5.11 Å². The monoisotopic (exact) mass is 277 g/mol. The van der Waals surface area contributed by atoms with E-state index < -0.39 is 0 Å². The van der Waals surface area contributed by atoms with Gasteiger partial charge in [0, 0.05) is 34.8 Å². The normalized spacial score (nSPS) is 20.0. The molecule has 1 aliphatic heterocycles. The molecule has 19 heavy (non-hydrogen) atoms. The topological polar surface area (TPSA) is 23.5 Å². The maximum absolute atomic E-state index is 8.72. The van der Waals surface area contributed by atoms with Gasteiger partial charge in [-0.1, -0.05) is 25.2 Å². The molecule has 1 fully saturated rings. The molecule has 0 aliphatic carbocycles. The highest BCUT2D eigenvalue weighted by Crippen LogP contribution is 2.24. The average molecular weight is 277 g/mol. The summed E-state index contributed by atoms with van der Waals surface area (Å²) in [6, 6.07) is 2.97. The van der Waals surface area contributed by atoms with Gasteiger partial charge in [0.25, 0.3) is 0 Å². The van der Waals surface area contributed by atoms with E-state index in [2.05, 4.69) is 35.1 Å². The molecule has 2 nitrogen and oxygen atoms in total. The van der Waals surface area contributed by atoms with E-state index in [9.17, 15) is 0 Å². The van der Waals surface area contributed by atoms with E-state index in [1.54, 1.807) is 0 Å². The molecular formula is C16H23NOS. The third-order valence-corrected chi connectivity index (χ3v) is 4.62. The second kappa shape index (κ2) is 7.69. The highest BCUT2D eigenvalue weighted by molar-refractivity contribution is 7.10. The number of piperidine rings is 1. The average Bonchev–Trinajstić information content (AvgIpc) is 2.87. The second-order valence-corrected chi connectivity index (χ2v) is 6.10. The summed E-state index contributed by atoms with van der Waals surface area (Å²) in [5.41, 5.74) is 1.10. The highest BCUT2D eigenvalue weighted by atomic mass is 32.1. The van der Waals surface area contributed by atoms with Gasteiger partial charge in [0.1, 0.15) is 0 Å². The Hall–Kier alpha value is -0.820. The molecule has 1 aromatic rings. The Morgan fingerprint density at radius 3 is 3.16 bits per heavy atom. The van der Waals surface area contributed by atoms with Gasteiger partial charge in [-0.3, -0.25) is 4.90 Å². The molecule has 0 bridgehead atoms.